The lowest BCUT2D eigenvalue weighted by Gasteiger charge is -2.38. The van der Waals surface area contributed by atoms with Crippen LogP contribution in [0, 0.1) is 0 Å². The summed E-state index contributed by atoms with van der Waals surface area (Å²) >= 11 is 0. The average molecular weight is 490 g/mol. The summed E-state index contributed by atoms with van der Waals surface area (Å²) in [6.45, 7) is 0. The Morgan fingerprint density at radius 2 is 1.66 bits per heavy atom. The maximum atomic E-state index is 12.8. The van der Waals surface area contributed by atoms with Crippen molar-refractivity contribution in [2.24, 2.45) is 0 Å². The van der Waals surface area contributed by atoms with Crippen LogP contribution < -0.4 is 19.6 Å². The molecule has 186 valence electrons. The minimum Gasteiger partial charge on any atom is -0.504 e. The summed E-state index contributed by atoms with van der Waals surface area (Å²) in [5.41, 5.74) is -0.162. The molecular formula is C23H22O12. The summed E-state index contributed by atoms with van der Waals surface area (Å²) in [5, 5.41) is 49.9. The van der Waals surface area contributed by atoms with Crippen molar-refractivity contribution in [3.05, 3.63) is 46.6 Å². The molecule has 5 atom stereocenters. The van der Waals surface area contributed by atoms with Crippen molar-refractivity contribution in [3.8, 4) is 34.3 Å². The molecular weight excluding hydrogens is 468 g/mol. The highest BCUT2D eigenvalue weighted by Gasteiger charge is 2.48. The van der Waals surface area contributed by atoms with Gasteiger partial charge in [0.15, 0.2) is 23.0 Å². The number of aliphatic carboxylic acids is 1. The van der Waals surface area contributed by atoms with E-state index in [0.717, 1.165) is 0 Å². The molecule has 1 aliphatic heterocycles. The Morgan fingerprint density at radius 1 is 0.971 bits per heavy atom. The summed E-state index contributed by atoms with van der Waals surface area (Å²) in [4.78, 5) is 24.2. The zero-order valence-corrected chi connectivity index (χ0v) is 18.4. The Hall–Kier alpha value is -3.84. The number of aromatic hydroxyl groups is 1. The van der Waals surface area contributed by atoms with Gasteiger partial charge in [0.25, 0.3) is 0 Å². The number of phenolic OH excluding ortho intramolecular Hbond substituents is 1. The van der Waals surface area contributed by atoms with E-state index >= 15 is 0 Å². The molecule has 1 fully saturated rings. The minimum absolute atomic E-state index is 0.114. The van der Waals surface area contributed by atoms with E-state index in [-0.39, 0.29) is 28.2 Å². The molecule has 4 rings (SSSR count). The lowest BCUT2D eigenvalue weighted by molar-refractivity contribution is -0.271. The van der Waals surface area contributed by atoms with Crippen LogP contribution in [0.3, 0.4) is 0 Å². The van der Waals surface area contributed by atoms with Crippen molar-refractivity contribution in [2.45, 2.75) is 30.7 Å². The third-order valence-corrected chi connectivity index (χ3v) is 5.55. The molecule has 0 unspecified atom stereocenters. The molecule has 35 heavy (non-hydrogen) atoms. The predicted molar refractivity (Wildman–Crippen MR) is 118 cm³/mol. The highest BCUT2D eigenvalue weighted by atomic mass is 16.7. The van der Waals surface area contributed by atoms with Gasteiger partial charge in [-0.1, -0.05) is 0 Å². The normalized spacial score (nSPS) is 24.2. The van der Waals surface area contributed by atoms with E-state index in [1.165, 1.54) is 26.4 Å². The van der Waals surface area contributed by atoms with E-state index in [1.54, 1.807) is 24.3 Å². The van der Waals surface area contributed by atoms with E-state index in [4.69, 9.17) is 23.4 Å². The molecule has 5 N–H and O–H groups in total. The van der Waals surface area contributed by atoms with Gasteiger partial charge in [0.1, 0.15) is 40.8 Å². The van der Waals surface area contributed by atoms with Crippen molar-refractivity contribution in [1.82, 2.24) is 0 Å². The van der Waals surface area contributed by atoms with Gasteiger partial charge in [-0.25, -0.2) is 4.79 Å². The Morgan fingerprint density at radius 3 is 2.26 bits per heavy atom. The molecule has 12 heteroatoms. The SMILES string of the molecule is COc1ccc(-c2cc(=O)c3c(O)c(OC)c(O[C@@H]4O[C@H](C(=O)O)[C@@H](O)[C@H](O)[C@H]4O)cc3o2)cc1. The average Bonchev–Trinajstić information content (AvgIpc) is 2.83. The number of aliphatic hydroxyl groups is 3. The van der Waals surface area contributed by atoms with Gasteiger partial charge in [-0.05, 0) is 24.3 Å². The van der Waals surface area contributed by atoms with Crippen LogP contribution in [-0.2, 0) is 9.53 Å². The Balaban J connectivity index is 1.78. The highest BCUT2D eigenvalue weighted by Crippen LogP contribution is 2.43. The number of aliphatic hydroxyl groups excluding tert-OH is 3. The topological polar surface area (TPSA) is 185 Å². The van der Waals surface area contributed by atoms with Crippen molar-refractivity contribution in [1.29, 1.82) is 0 Å². The molecule has 0 spiro atoms. The Labute approximate surface area is 197 Å². The molecule has 12 nitrogen and oxygen atoms in total. The number of carbonyl (C=O) groups is 1. The van der Waals surface area contributed by atoms with E-state index in [1.807, 2.05) is 0 Å². The molecule has 0 amide bonds. The fourth-order valence-corrected chi connectivity index (χ4v) is 3.72. The molecule has 3 aromatic rings. The van der Waals surface area contributed by atoms with Crippen LogP contribution in [0.1, 0.15) is 0 Å². The van der Waals surface area contributed by atoms with Gasteiger partial charge in [0.2, 0.25) is 12.0 Å². The molecule has 2 heterocycles. The summed E-state index contributed by atoms with van der Waals surface area (Å²) in [6.07, 6.45) is -9.37. The number of ether oxygens (including phenoxy) is 4. The van der Waals surface area contributed by atoms with Crippen LogP contribution in [0.4, 0.5) is 0 Å². The summed E-state index contributed by atoms with van der Waals surface area (Å²) in [5.74, 6) is -2.09. The predicted octanol–water partition coefficient (Wildman–Crippen LogP) is 0.454. The molecule has 0 bridgehead atoms. The van der Waals surface area contributed by atoms with E-state index < -0.39 is 47.9 Å². The van der Waals surface area contributed by atoms with E-state index in [0.29, 0.717) is 11.3 Å². The van der Waals surface area contributed by atoms with Gasteiger partial charge in [-0.2, -0.15) is 0 Å². The van der Waals surface area contributed by atoms with Crippen molar-refractivity contribution >= 4 is 16.9 Å². The van der Waals surface area contributed by atoms with Gasteiger partial charge in [-0.3, -0.25) is 4.79 Å². The fourth-order valence-electron chi connectivity index (χ4n) is 3.72. The van der Waals surface area contributed by atoms with Gasteiger partial charge in [0, 0.05) is 17.7 Å². The minimum atomic E-state index is -1.92. The van der Waals surface area contributed by atoms with Crippen molar-refractivity contribution in [2.75, 3.05) is 14.2 Å². The first kappa shape index (κ1) is 24.3. The second-order valence-electron chi connectivity index (χ2n) is 7.69. The number of benzene rings is 2. The summed E-state index contributed by atoms with van der Waals surface area (Å²) < 4.78 is 26.7. The molecule has 0 saturated carbocycles. The highest BCUT2D eigenvalue weighted by molar-refractivity contribution is 5.89. The quantitative estimate of drug-likeness (QED) is 0.322. The van der Waals surface area contributed by atoms with Crippen LogP contribution in [0.15, 0.2) is 45.6 Å². The molecule has 1 aliphatic rings. The zero-order valence-electron chi connectivity index (χ0n) is 18.4. The number of carboxylic acid groups (broad SMARTS) is 1. The monoisotopic (exact) mass is 490 g/mol. The van der Waals surface area contributed by atoms with Gasteiger partial charge in [0.05, 0.1) is 14.2 Å². The van der Waals surface area contributed by atoms with Crippen LogP contribution in [0.25, 0.3) is 22.3 Å². The first-order valence-corrected chi connectivity index (χ1v) is 10.3. The zero-order chi connectivity index (χ0) is 25.4. The fraction of sp³-hybridized carbons (Fsp3) is 0.304. The lowest BCUT2D eigenvalue weighted by Crippen LogP contribution is -2.61. The number of rotatable bonds is 6. The largest absolute Gasteiger partial charge is 0.504 e. The molecule has 1 aromatic heterocycles. The van der Waals surface area contributed by atoms with Gasteiger partial charge >= 0.3 is 5.97 Å². The van der Waals surface area contributed by atoms with Gasteiger partial charge in [-0.15, -0.1) is 0 Å². The molecule has 2 aromatic carbocycles. The van der Waals surface area contributed by atoms with Gasteiger partial charge < -0.3 is 48.9 Å². The first-order valence-electron chi connectivity index (χ1n) is 10.3. The van der Waals surface area contributed by atoms with Crippen molar-refractivity contribution < 1.29 is 53.7 Å². The maximum absolute atomic E-state index is 12.8. The number of hydrogen-bond acceptors (Lipinski definition) is 11. The maximum Gasteiger partial charge on any atom is 0.335 e. The third-order valence-electron chi connectivity index (χ3n) is 5.55. The Bertz CT molecular complexity index is 1300. The third kappa shape index (κ3) is 4.35. The standard InChI is InChI=1S/C23H22O12/c1-31-10-5-3-9(4-6-10)12-7-11(24)15-13(33-12)8-14(20(32-2)16(15)25)34-23-19(28)17(26)18(27)21(35-23)22(29)30/h3-8,17-19,21,23,25-28H,1-2H3,(H,29,30)/t17-,18-,19+,21-,23+/m0/s1. The van der Waals surface area contributed by atoms with Crippen LogP contribution in [0.5, 0.6) is 23.0 Å². The lowest BCUT2D eigenvalue weighted by atomic mass is 9.99. The van der Waals surface area contributed by atoms with Crippen LogP contribution in [0.2, 0.25) is 0 Å². The number of phenols is 1. The molecule has 1 saturated heterocycles. The second kappa shape index (κ2) is 9.43. The van der Waals surface area contributed by atoms with E-state index in [9.17, 15) is 35.1 Å². The number of carboxylic acids is 1. The molecule has 0 radical (unpaired) electrons. The smallest absolute Gasteiger partial charge is 0.335 e. The Kier molecular flexibility index (Phi) is 6.54. The van der Waals surface area contributed by atoms with Crippen LogP contribution in [-0.4, -0.2) is 76.4 Å². The van der Waals surface area contributed by atoms with E-state index in [2.05, 4.69) is 0 Å². The summed E-state index contributed by atoms with van der Waals surface area (Å²) in [7, 11) is 2.69. The number of hydrogen-bond donors (Lipinski definition) is 5. The second-order valence-corrected chi connectivity index (χ2v) is 7.69. The number of methoxy groups -OCH3 is 2. The molecule has 0 aliphatic carbocycles. The first-order chi connectivity index (χ1) is 16.7. The summed E-state index contributed by atoms with van der Waals surface area (Å²) in [6, 6.07) is 9.03. The number of fused-ring (bicyclic) bond motifs is 1. The van der Waals surface area contributed by atoms with Crippen LogP contribution >= 0.6 is 0 Å². The van der Waals surface area contributed by atoms with Crippen molar-refractivity contribution in [3.63, 3.8) is 0 Å².